The van der Waals surface area contributed by atoms with E-state index in [2.05, 4.69) is 17.3 Å². The van der Waals surface area contributed by atoms with Crippen LogP contribution in [0.2, 0.25) is 0 Å². The van der Waals surface area contributed by atoms with Crippen LogP contribution in [0.25, 0.3) is 0 Å². The highest BCUT2D eigenvalue weighted by Crippen LogP contribution is 1.98. The van der Waals surface area contributed by atoms with Gasteiger partial charge < -0.3 is 16.0 Å². The van der Waals surface area contributed by atoms with Crippen LogP contribution in [0.15, 0.2) is 0 Å². The Kier molecular flexibility index (Phi) is 3.12. The van der Waals surface area contributed by atoms with Crippen molar-refractivity contribution in [1.82, 2.24) is 10.2 Å². The molecule has 1 aliphatic rings. The average molecular weight is 143 g/mol. The predicted molar refractivity (Wildman–Crippen MR) is 43.0 cm³/mol. The number of rotatable bonds is 2. The molecule has 0 aromatic carbocycles. The Morgan fingerprint density at radius 2 is 2.50 bits per heavy atom. The summed E-state index contributed by atoms with van der Waals surface area (Å²) < 4.78 is 0. The molecule has 0 radical (unpaired) electrons. The topological polar surface area (TPSA) is 41.3 Å². The first kappa shape index (κ1) is 7.98. The maximum absolute atomic E-state index is 5.45. The zero-order valence-corrected chi connectivity index (χ0v) is 6.64. The molecule has 1 saturated heterocycles. The van der Waals surface area contributed by atoms with E-state index in [1.165, 1.54) is 6.54 Å². The maximum atomic E-state index is 5.45. The van der Waals surface area contributed by atoms with Crippen LogP contribution in [0.4, 0.5) is 0 Å². The smallest absolute Gasteiger partial charge is 0.0207 e. The van der Waals surface area contributed by atoms with Gasteiger partial charge in [-0.2, -0.15) is 0 Å². The number of piperazine rings is 1. The summed E-state index contributed by atoms with van der Waals surface area (Å²) in [5, 5.41) is 3.43. The lowest BCUT2D eigenvalue weighted by atomic mass is 10.1. The van der Waals surface area contributed by atoms with Gasteiger partial charge in [-0.15, -0.1) is 0 Å². The van der Waals surface area contributed by atoms with Crippen LogP contribution in [0.5, 0.6) is 0 Å². The Morgan fingerprint density at radius 3 is 3.10 bits per heavy atom. The van der Waals surface area contributed by atoms with E-state index >= 15 is 0 Å². The Bertz CT molecular complexity index is 92.9. The van der Waals surface area contributed by atoms with Gasteiger partial charge in [0.25, 0.3) is 0 Å². The molecule has 1 heterocycles. The molecule has 3 nitrogen and oxygen atoms in total. The number of hydrogen-bond donors (Lipinski definition) is 2. The van der Waals surface area contributed by atoms with E-state index in [1.807, 2.05) is 0 Å². The van der Waals surface area contributed by atoms with Gasteiger partial charge in [0, 0.05) is 25.7 Å². The van der Waals surface area contributed by atoms with Crippen molar-refractivity contribution in [3.63, 3.8) is 0 Å². The Morgan fingerprint density at radius 1 is 1.70 bits per heavy atom. The number of likely N-dealkylation sites (N-methyl/N-ethyl adjacent to an activating group) is 1. The maximum Gasteiger partial charge on any atom is 0.0207 e. The van der Waals surface area contributed by atoms with Crippen molar-refractivity contribution in [3.05, 3.63) is 0 Å². The molecule has 0 bridgehead atoms. The SMILES string of the molecule is CN1CCNC(CCN)C1. The van der Waals surface area contributed by atoms with Gasteiger partial charge in [-0.25, -0.2) is 0 Å². The zero-order chi connectivity index (χ0) is 7.40. The Balaban J connectivity index is 2.18. The molecule has 1 fully saturated rings. The summed E-state index contributed by atoms with van der Waals surface area (Å²) in [6.45, 7) is 4.23. The molecule has 0 aromatic rings. The molecule has 1 aliphatic heterocycles. The third kappa shape index (κ3) is 2.25. The summed E-state index contributed by atoms with van der Waals surface area (Å²) in [5.74, 6) is 0. The minimum absolute atomic E-state index is 0.628. The van der Waals surface area contributed by atoms with Gasteiger partial charge in [-0.1, -0.05) is 0 Å². The summed E-state index contributed by atoms with van der Waals surface area (Å²) in [7, 11) is 2.16. The quantitative estimate of drug-likeness (QED) is 0.534. The summed E-state index contributed by atoms with van der Waals surface area (Å²) in [4.78, 5) is 2.34. The van der Waals surface area contributed by atoms with Crippen LogP contribution >= 0.6 is 0 Å². The lowest BCUT2D eigenvalue weighted by Gasteiger charge is -2.30. The highest BCUT2D eigenvalue weighted by molar-refractivity contribution is 4.76. The lowest BCUT2D eigenvalue weighted by molar-refractivity contribution is 0.233. The van der Waals surface area contributed by atoms with Gasteiger partial charge in [0.1, 0.15) is 0 Å². The van der Waals surface area contributed by atoms with Crippen LogP contribution in [-0.4, -0.2) is 44.2 Å². The molecular weight excluding hydrogens is 126 g/mol. The molecule has 3 N–H and O–H groups in total. The van der Waals surface area contributed by atoms with Crippen molar-refractivity contribution in [2.24, 2.45) is 5.73 Å². The van der Waals surface area contributed by atoms with E-state index in [-0.39, 0.29) is 0 Å². The molecule has 1 unspecified atom stereocenters. The fraction of sp³-hybridized carbons (Fsp3) is 1.00. The molecule has 3 heteroatoms. The molecule has 0 spiro atoms. The third-order valence-electron chi connectivity index (χ3n) is 1.97. The van der Waals surface area contributed by atoms with Gasteiger partial charge in [-0.05, 0) is 20.0 Å². The standard InChI is InChI=1S/C7H17N3/c1-10-5-4-9-7(6-10)2-3-8/h7,9H,2-6,8H2,1H3. The van der Waals surface area contributed by atoms with Crippen LogP contribution in [0.3, 0.4) is 0 Å². The van der Waals surface area contributed by atoms with Crippen molar-refractivity contribution in [2.45, 2.75) is 12.5 Å². The van der Waals surface area contributed by atoms with E-state index in [4.69, 9.17) is 5.73 Å². The van der Waals surface area contributed by atoms with E-state index in [0.29, 0.717) is 6.04 Å². The van der Waals surface area contributed by atoms with E-state index < -0.39 is 0 Å². The third-order valence-corrected chi connectivity index (χ3v) is 1.97. The highest BCUT2D eigenvalue weighted by atomic mass is 15.2. The number of nitrogens with zero attached hydrogens (tertiary/aromatic N) is 1. The first-order valence-electron chi connectivity index (χ1n) is 3.95. The number of nitrogens with two attached hydrogens (primary N) is 1. The molecule has 60 valence electrons. The molecule has 10 heavy (non-hydrogen) atoms. The predicted octanol–water partition coefficient (Wildman–Crippen LogP) is -0.761. The number of hydrogen-bond acceptors (Lipinski definition) is 3. The number of nitrogens with one attached hydrogen (secondary N) is 1. The second-order valence-electron chi connectivity index (χ2n) is 2.99. The summed E-state index contributed by atoms with van der Waals surface area (Å²) in [6, 6.07) is 0.628. The summed E-state index contributed by atoms with van der Waals surface area (Å²) in [5.41, 5.74) is 5.45. The molecule has 0 aliphatic carbocycles. The molecule has 1 atom stereocenters. The molecule has 0 saturated carbocycles. The van der Waals surface area contributed by atoms with Crippen molar-refractivity contribution >= 4 is 0 Å². The minimum atomic E-state index is 0.628. The first-order chi connectivity index (χ1) is 4.83. The first-order valence-corrected chi connectivity index (χ1v) is 3.95. The Hall–Kier alpha value is -0.120. The summed E-state index contributed by atoms with van der Waals surface area (Å²) in [6.07, 6.45) is 1.10. The van der Waals surface area contributed by atoms with E-state index in [9.17, 15) is 0 Å². The van der Waals surface area contributed by atoms with Gasteiger partial charge in [0.05, 0.1) is 0 Å². The van der Waals surface area contributed by atoms with Gasteiger partial charge in [0.15, 0.2) is 0 Å². The highest BCUT2D eigenvalue weighted by Gasteiger charge is 2.14. The monoisotopic (exact) mass is 143 g/mol. The molecular formula is C7H17N3. The normalized spacial score (nSPS) is 28.8. The van der Waals surface area contributed by atoms with Gasteiger partial charge in [0.2, 0.25) is 0 Å². The largest absolute Gasteiger partial charge is 0.330 e. The van der Waals surface area contributed by atoms with Crippen molar-refractivity contribution in [1.29, 1.82) is 0 Å². The van der Waals surface area contributed by atoms with Crippen molar-refractivity contribution < 1.29 is 0 Å². The van der Waals surface area contributed by atoms with E-state index in [0.717, 1.165) is 26.1 Å². The average Bonchev–Trinajstić information content (AvgIpc) is 1.88. The van der Waals surface area contributed by atoms with Crippen LogP contribution in [-0.2, 0) is 0 Å². The van der Waals surface area contributed by atoms with Crippen LogP contribution in [0.1, 0.15) is 6.42 Å². The van der Waals surface area contributed by atoms with Gasteiger partial charge >= 0.3 is 0 Å². The van der Waals surface area contributed by atoms with E-state index in [1.54, 1.807) is 0 Å². The molecule has 0 amide bonds. The fourth-order valence-corrected chi connectivity index (χ4v) is 1.39. The molecule has 1 rings (SSSR count). The summed E-state index contributed by atoms with van der Waals surface area (Å²) >= 11 is 0. The lowest BCUT2D eigenvalue weighted by Crippen LogP contribution is -2.49. The zero-order valence-electron chi connectivity index (χ0n) is 6.64. The van der Waals surface area contributed by atoms with Gasteiger partial charge in [-0.3, -0.25) is 0 Å². The Labute approximate surface area is 62.6 Å². The second kappa shape index (κ2) is 3.91. The second-order valence-corrected chi connectivity index (χ2v) is 2.99. The van der Waals surface area contributed by atoms with Crippen molar-refractivity contribution in [3.8, 4) is 0 Å². The van der Waals surface area contributed by atoms with Crippen LogP contribution < -0.4 is 11.1 Å². The minimum Gasteiger partial charge on any atom is -0.330 e. The fourth-order valence-electron chi connectivity index (χ4n) is 1.39. The van der Waals surface area contributed by atoms with Crippen molar-refractivity contribution in [2.75, 3.05) is 33.2 Å². The van der Waals surface area contributed by atoms with Crippen LogP contribution in [0, 0.1) is 0 Å². The molecule has 0 aromatic heterocycles.